The molecule has 2 rings (SSSR count). The number of primary amides is 1. The van der Waals surface area contributed by atoms with Crippen LogP contribution in [0, 0.1) is 0 Å². The summed E-state index contributed by atoms with van der Waals surface area (Å²) >= 11 is 0. The fraction of sp³-hybridized carbons (Fsp3) is 0.286. The topological polar surface area (TPSA) is 68.0 Å². The maximum Gasteiger partial charge on any atom is 0.242 e. The van der Waals surface area contributed by atoms with Gasteiger partial charge >= 0.3 is 0 Å². The number of pyridine rings is 1. The van der Waals surface area contributed by atoms with Gasteiger partial charge in [0.1, 0.15) is 11.4 Å². The molecule has 4 nitrogen and oxygen atoms in total. The minimum absolute atomic E-state index is 0.375. The number of rotatable bonds is 4. The van der Waals surface area contributed by atoms with E-state index in [1.807, 2.05) is 37.3 Å². The molecule has 0 aliphatic carbocycles. The summed E-state index contributed by atoms with van der Waals surface area (Å²) in [7, 11) is 0. The van der Waals surface area contributed by atoms with Crippen LogP contribution in [0.4, 0.5) is 5.82 Å². The van der Waals surface area contributed by atoms with Crippen LogP contribution in [0.2, 0.25) is 0 Å². The van der Waals surface area contributed by atoms with Gasteiger partial charge in [0.25, 0.3) is 0 Å². The maximum atomic E-state index is 11.5. The zero-order valence-electron chi connectivity index (χ0n) is 10.6. The molecule has 1 atom stereocenters. The summed E-state index contributed by atoms with van der Waals surface area (Å²) in [6, 6.07) is 9.84. The lowest BCUT2D eigenvalue weighted by Gasteiger charge is -2.27. The largest absolute Gasteiger partial charge is 0.368 e. The van der Waals surface area contributed by atoms with Gasteiger partial charge < -0.3 is 11.1 Å². The molecule has 0 saturated carbocycles. The molecular weight excluding hydrogens is 226 g/mol. The van der Waals surface area contributed by atoms with E-state index in [0.717, 1.165) is 10.8 Å². The van der Waals surface area contributed by atoms with Gasteiger partial charge in [-0.2, -0.15) is 0 Å². The van der Waals surface area contributed by atoms with Crippen molar-refractivity contribution in [1.82, 2.24) is 4.98 Å². The first-order valence-electron chi connectivity index (χ1n) is 5.98. The number of fused-ring (bicyclic) bond motifs is 1. The van der Waals surface area contributed by atoms with Crippen LogP contribution in [0.15, 0.2) is 36.5 Å². The Morgan fingerprint density at radius 3 is 2.78 bits per heavy atom. The standard InChI is InChI=1S/C14H17N3O/c1-3-14(2,13(15)18)17-12-11-7-5-4-6-10(11)8-9-16-12/h4-9H,3H2,1-2H3,(H2,15,18)(H,16,17). The molecule has 4 heteroatoms. The Balaban J connectivity index is 2.46. The third kappa shape index (κ3) is 2.14. The van der Waals surface area contributed by atoms with E-state index in [9.17, 15) is 4.79 Å². The molecule has 1 aromatic carbocycles. The van der Waals surface area contributed by atoms with Crippen LogP contribution >= 0.6 is 0 Å². The van der Waals surface area contributed by atoms with Crippen molar-refractivity contribution in [1.29, 1.82) is 0 Å². The molecule has 1 unspecified atom stereocenters. The lowest BCUT2D eigenvalue weighted by molar-refractivity contribution is -0.121. The number of benzene rings is 1. The second-order valence-electron chi connectivity index (χ2n) is 4.56. The van der Waals surface area contributed by atoms with E-state index in [-0.39, 0.29) is 5.91 Å². The number of carbonyl (C=O) groups excluding carboxylic acids is 1. The van der Waals surface area contributed by atoms with Crippen molar-refractivity contribution in [3.63, 3.8) is 0 Å². The van der Waals surface area contributed by atoms with E-state index in [0.29, 0.717) is 12.2 Å². The number of carbonyl (C=O) groups is 1. The highest BCUT2D eigenvalue weighted by atomic mass is 16.1. The second kappa shape index (κ2) is 4.64. The summed E-state index contributed by atoms with van der Waals surface area (Å²) in [6.45, 7) is 3.71. The lowest BCUT2D eigenvalue weighted by Crippen LogP contribution is -2.47. The average molecular weight is 243 g/mol. The zero-order chi connectivity index (χ0) is 13.2. The summed E-state index contributed by atoms with van der Waals surface area (Å²) in [5.41, 5.74) is 4.66. The van der Waals surface area contributed by atoms with E-state index in [1.54, 1.807) is 13.1 Å². The second-order valence-corrected chi connectivity index (χ2v) is 4.56. The van der Waals surface area contributed by atoms with Gasteiger partial charge in [0.2, 0.25) is 5.91 Å². The van der Waals surface area contributed by atoms with Crippen LogP contribution in [0.1, 0.15) is 20.3 Å². The predicted molar refractivity (Wildman–Crippen MR) is 73.3 cm³/mol. The SMILES string of the molecule is CCC(C)(Nc1nccc2ccccc12)C(N)=O. The molecule has 2 aromatic rings. The first-order chi connectivity index (χ1) is 8.57. The molecule has 0 saturated heterocycles. The number of anilines is 1. The fourth-order valence-electron chi connectivity index (χ4n) is 1.80. The molecule has 0 aliphatic heterocycles. The summed E-state index contributed by atoms with van der Waals surface area (Å²) < 4.78 is 0. The Morgan fingerprint density at radius 1 is 1.39 bits per heavy atom. The van der Waals surface area contributed by atoms with Crippen molar-refractivity contribution in [3.05, 3.63) is 36.5 Å². The lowest BCUT2D eigenvalue weighted by atomic mass is 9.97. The van der Waals surface area contributed by atoms with Crippen molar-refractivity contribution in [2.75, 3.05) is 5.32 Å². The molecular formula is C14H17N3O. The van der Waals surface area contributed by atoms with Crippen molar-refractivity contribution in [2.24, 2.45) is 5.73 Å². The molecule has 3 N–H and O–H groups in total. The molecule has 94 valence electrons. The monoisotopic (exact) mass is 243 g/mol. The summed E-state index contributed by atoms with van der Waals surface area (Å²) in [5.74, 6) is 0.316. The van der Waals surface area contributed by atoms with Gasteiger partial charge in [-0.05, 0) is 24.8 Å². The highest BCUT2D eigenvalue weighted by Gasteiger charge is 2.29. The number of hydrogen-bond donors (Lipinski definition) is 2. The highest BCUT2D eigenvalue weighted by molar-refractivity contribution is 5.95. The first kappa shape index (κ1) is 12.4. The zero-order valence-corrected chi connectivity index (χ0v) is 10.6. The van der Waals surface area contributed by atoms with E-state index in [1.165, 1.54) is 0 Å². The normalized spacial score (nSPS) is 14.1. The Kier molecular flexibility index (Phi) is 3.19. The Morgan fingerprint density at radius 2 is 2.11 bits per heavy atom. The Bertz CT molecular complexity index is 577. The third-order valence-corrected chi connectivity index (χ3v) is 3.32. The summed E-state index contributed by atoms with van der Waals surface area (Å²) in [5, 5.41) is 5.23. The maximum absolute atomic E-state index is 11.5. The van der Waals surface area contributed by atoms with E-state index in [2.05, 4.69) is 10.3 Å². The van der Waals surface area contributed by atoms with Gasteiger partial charge in [0.15, 0.2) is 0 Å². The molecule has 0 spiro atoms. The molecule has 18 heavy (non-hydrogen) atoms. The molecule has 0 aliphatic rings. The number of nitrogens with two attached hydrogens (primary N) is 1. The van der Waals surface area contributed by atoms with Crippen molar-refractivity contribution < 1.29 is 4.79 Å². The van der Waals surface area contributed by atoms with Crippen LogP contribution in [0.5, 0.6) is 0 Å². The number of aromatic nitrogens is 1. The van der Waals surface area contributed by atoms with E-state index in [4.69, 9.17) is 5.73 Å². The molecule has 1 aromatic heterocycles. The molecule has 0 bridgehead atoms. The van der Waals surface area contributed by atoms with E-state index >= 15 is 0 Å². The highest BCUT2D eigenvalue weighted by Crippen LogP contribution is 2.24. The van der Waals surface area contributed by atoms with Gasteiger partial charge in [-0.1, -0.05) is 31.2 Å². The minimum atomic E-state index is -0.781. The third-order valence-electron chi connectivity index (χ3n) is 3.32. The number of amides is 1. The first-order valence-corrected chi connectivity index (χ1v) is 5.98. The number of hydrogen-bond acceptors (Lipinski definition) is 3. The van der Waals surface area contributed by atoms with Crippen molar-refractivity contribution in [3.8, 4) is 0 Å². The Labute approximate surface area is 106 Å². The fourth-order valence-corrected chi connectivity index (χ4v) is 1.80. The van der Waals surface area contributed by atoms with Crippen molar-refractivity contribution in [2.45, 2.75) is 25.8 Å². The van der Waals surface area contributed by atoms with Gasteiger partial charge in [-0.3, -0.25) is 4.79 Å². The van der Waals surface area contributed by atoms with Crippen molar-refractivity contribution >= 4 is 22.5 Å². The smallest absolute Gasteiger partial charge is 0.242 e. The van der Waals surface area contributed by atoms with Crippen LogP contribution in [0.3, 0.4) is 0 Å². The van der Waals surface area contributed by atoms with Crippen LogP contribution in [0.25, 0.3) is 10.8 Å². The van der Waals surface area contributed by atoms with Gasteiger partial charge in [0, 0.05) is 11.6 Å². The van der Waals surface area contributed by atoms with Gasteiger partial charge in [-0.15, -0.1) is 0 Å². The number of nitrogens with one attached hydrogen (secondary N) is 1. The summed E-state index contributed by atoms with van der Waals surface area (Å²) in [4.78, 5) is 15.8. The van der Waals surface area contributed by atoms with Gasteiger partial charge in [0.05, 0.1) is 0 Å². The molecule has 0 radical (unpaired) electrons. The van der Waals surface area contributed by atoms with Crippen LogP contribution < -0.4 is 11.1 Å². The minimum Gasteiger partial charge on any atom is -0.368 e. The molecule has 1 heterocycles. The summed E-state index contributed by atoms with van der Waals surface area (Å²) in [6.07, 6.45) is 2.33. The predicted octanol–water partition coefficient (Wildman–Crippen LogP) is 2.30. The number of nitrogens with zero attached hydrogens (tertiary/aromatic N) is 1. The van der Waals surface area contributed by atoms with Crippen LogP contribution in [-0.2, 0) is 4.79 Å². The average Bonchev–Trinajstić information content (AvgIpc) is 2.39. The van der Waals surface area contributed by atoms with Crippen LogP contribution in [-0.4, -0.2) is 16.4 Å². The Hall–Kier alpha value is -2.10. The molecule has 0 fully saturated rings. The van der Waals surface area contributed by atoms with E-state index < -0.39 is 5.54 Å². The van der Waals surface area contributed by atoms with Gasteiger partial charge in [-0.25, -0.2) is 4.98 Å². The quantitative estimate of drug-likeness (QED) is 0.865. The molecule has 1 amide bonds.